The van der Waals surface area contributed by atoms with Crippen molar-refractivity contribution in [2.45, 2.75) is 31.8 Å². The number of primary amides is 1. The molecule has 0 saturated heterocycles. The van der Waals surface area contributed by atoms with Crippen molar-refractivity contribution in [1.82, 2.24) is 4.98 Å². The molecule has 20 heavy (non-hydrogen) atoms. The lowest BCUT2D eigenvalue weighted by atomic mass is 9.84. The maximum atomic E-state index is 11.6. The third kappa shape index (κ3) is 1.23. The topological polar surface area (TPSA) is 105 Å². The Morgan fingerprint density at radius 2 is 2.25 bits per heavy atom. The zero-order valence-corrected chi connectivity index (χ0v) is 11.2. The average molecular weight is 271 g/mol. The molecular formula is C15H17N3O2. The standard InChI is InChI=1S/C15H17N3O2/c1-15-5-8(15)12-7(4-10(15)19)11-9(16)3-2-6(14(17)20)13(11)18-12/h2-3,8,10,18-19H,4-5,16H2,1H3,(H2,17,20). The number of aliphatic hydroxyl groups excluding tert-OH is 1. The van der Waals surface area contributed by atoms with Crippen molar-refractivity contribution in [1.29, 1.82) is 0 Å². The number of hydrogen-bond acceptors (Lipinski definition) is 3. The van der Waals surface area contributed by atoms with Gasteiger partial charge in [0.05, 0.1) is 17.2 Å². The Hall–Kier alpha value is -2.01. The van der Waals surface area contributed by atoms with Crippen LogP contribution in [-0.4, -0.2) is 22.1 Å². The number of aromatic amines is 1. The van der Waals surface area contributed by atoms with Crippen LogP contribution in [0.15, 0.2) is 12.1 Å². The number of nitrogens with two attached hydrogens (primary N) is 2. The van der Waals surface area contributed by atoms with Gasteiger partial charge >= 0.3 is 0 Å². The molecule has 5 heteroatoms. The first kappa shape index (κ1) is 11.8. The van der Waals surface area contributed by atoms with Gasteiger partial charge in [-0.1, -0.05) is 6.92 Å². The summed E-state index contributed by atoms with van der Waals surface area (Å²) in [5.74, 6) is -0.138. The Bertz CT molecular complexity index is 764. The lowest BCUT2D eigenvalue weighted by Crippen LogP contribution is -2.27. The van der Waals surface area contributed by atoms with E-state index in [1.165, 1.54) is 0 Å². The maximum Gasteiger partial charge on any atom is 0.250 e. The number of amides is 1. The molecule has 1 amide bonds. The monoisotopic (exact) mass is 271 g/mol. The SMILES string of the molecule is CC12CC1c1[nH]c3c(C(N)=O)ccc(N)c3c1CC2O. The Morgan fingerprint density at radius 1 is 1.50 bits per heavy atom. The second-order valence-corrected chi connectivity index (χ2v) is 6.32. The maximum absolute atomic E-state index is 11.6. The van der Waals surface area contributed by atoms with Crippen molar-refractivity contribution in [3.8, 4) is 0 Å². The number of aromatic nitrogens is 1. The molecule has 4 rings (SSSR count). The number of carbonyl (C=O) groups excluding carboxylic acids is 1. The highest BCUT2D eigenvalue weighted by Gasteiger charge is 2.59. The average Bonchev–Trinajstić information content (AvgIpc) is 2.94. The molecule has 104 valence electrons. The first-order valence-electron chi connectivity index (χ1n) is 6.84. The lowest BCUT2D eigenvalue weighted by molar-refractivity contribution is 0.0939. The predicted molar refractivity (Wildman–Crippen MR) is 76.4 cm³/mol. The van der Waals surface area contributed by atoms with Crippen LogP contribution in [0.5, 0.6) is 0 Å². The van der Waals surface area contributed by atoms with E-state index in [1.54, 1.807) is 12.1 Å². The van der Waals surface area contributed by atoms with E-state index in [2.05, 4.69) is 11.9 Å². The van der Waals surface area contributed by atoms with Gasteiger partial charge in [0.25, 0.3) is 5.91 Å². The van der Waals surface area contributed by atoms with Gasteiger partial charge in [-0.15, -0.1) is 0 Å². The summed E-state index contributed by atoms with van der Waals surface area (Å²) in [7, 11) is 0. The second kappa shape index (κ2) is 3.35. The highest BCUT2D eigenvalue weighted by atomic mass is 16.3. The third-order valence-corrected chi connectivity index (χ3v) is 5.18. The van der Waals surface area contributed by atoms with E-state index in [-0.39, 0.29) is 11.5 Å². The van der Waals surface area contributed by atoms with Gasteiger partial charge in [-0.05, 0) is 24.1 Å². The van der Waals surface area contributed by atoms with E-state index in [1.807, 2.05) is 0 Å². The van der Waals surface area contributed by atoms with Crippen LogP contribution < -0.4 is 11.5 Å². The number of carbonyl (C=O) groups is 1. The van der Waals surface area contributed by atoms with E-state index in [4.69, 9.17) is 11.5 Å². The van der Waals surface area contributed by atoms with Crippen LogP contribution in [0.3, 0.4) is 0 Å². The van der Waals surface area contributed by atoms with Crippen LogP contribution in [-0.2, 0) is 6.42 Å². The molecule has 0 radical (unpaired) electrons. The molecule has 1 aromatic heterocycles. The van der Waals surface area contributed by atoms with Crippen molar-refractivity contribution in [2.24, 2.45) is 11.1 Å². The number of fused-ring (bicyclic) bond motifs is 5. The second-order valence-electron chi connectivity index (χ2n) is 6.32. The molecule has 3 unspecified atom stereocenters. The molecule has 0 bridgehead atoms. The van der Waals surface area contributed by atoms with Crippen LogP contribution in [0.4, 0.5) is 5.69 Å². The fourth-order valence-electron chi connectivity index (χ4n) is 3.74. The summed E-state index contributed by atoms with van der Waals surface area (Å²) in [5, 5.41) is 11.2. The number of hydrogen-bond donors (Lipinski definition) is 4. The van der Waals surface area contributed by atoms with Crippen LogP contribution in [0, 0.1) is 5.41 Å². The molecule has 2 aromatic rings. The molecule has 1 fully saturated rings. The number of rotatable bonds is 1. The quantitative estimate of drug-likeness (QED) is 0.587. The van der Waals surface area contributed by atoms with Crippen LogP contribution in [0.25, 0.3) is 10.9 Å². The summed E-state index contributed by atoms with van der Waals surface area (Å²) in [6.45, 7) is 2.11. The summed E-state index contributed by atoms with van der Waals surface area (Å²) in [6, 6.07) is 3.37. The normalized spacial score (nSPS) is 30.9. The molecule has 1 aromatic carbocycles. The predicted octanol–water partition coefficient (Wildman–Crippen LogP) is 1.26. The molecule has 6 N–H and O–H groups in total. The smallest absolute Gasteiger partial charge is 0.250 e. The zero-order chi connectivity index (χ0) is 14.2. The number of benzene rings is 1. The van der Waals surface area contributed by atoms with E-state index < -0.39 is 5.91 Å². The van der Waals surface area contributed by atoms with Gasteiger partial charge in [0.15, 0.2) is 0 Å². The van der Waals surface area contributed by atoms with E-state index >= 15 is 0 Å². The van der Waals surface area contributed by atoms with Gasteiger partial charge < -0.3 is 21.6 Å². The fourth-order valence-corrected chi connectivity index (χ4v) is 3.74. The van der Waals surface area contributed by atoms with Crippen molar-refractivity contribution in [2.75, 3.05) is 5.73 Å². The third-order valence-electron chi connectivity index (χ3n) is 5.18. The lowest BCUT2D eigenvalue weighted by Gasteiger charge is -2.24. The Labute approximate surface area is 116 Å². The summed E-state index contributed by atoms with van der Waals surface area (Å²) in [5.41, 5.74) is 15.4. The molecule has 5 nitrogen and oxygen atoms in total. The van der Waals surface area contributed by atoms with Gasteiger partial charge in [0.2, 0.25) is 0 Å². The van der Waals surface area contributed by atoms with Gasteiger partial charge in [0, 0.05) is 34.5 Å². The van der Waals surface area contributed by atoms with E-state index in [9.17, 15) is 9.90 Å². The Kier molecular flexibility index (Phi) is 1.98. The van der Waals surface area contributed by atoms with Crippen molar-refractivity contribution < 1.29 is 9.90 Å². The van der Waals surface area contributed by atoms with Crippen LogP contribution in [0.1, 0.15) is 40.9 Å². The minimum atomic E-state index is -0.465. The molecule has 3 atom stereocenters. The number of nitrogen functional groups attached to an aromatic ring is 1. The zero-order valence-electron chi connectivity index (χ0n) is 11.2. The highest BCUT2D eigenvalue weighted by molar-refractivity contribution is 6.09. The van der Waals surface area contributed by atoms with Gasteiger partial charge in [0.1, 0.15) is 0 Å². The van der Waals surface area contributed by atoms with Crippen molar-refractivity contribution >= 4 is 22.5 Å². The number of nitrogens with one attached hydrogen (secondary N) is 1. The van der Waals surface area contributed by atoms with Crippen molar-refractivity contribution in [3.05, 3.63) is 29.0 Å². The molecule has 1 saturated carbocycles. The minimum Gasteiger partial charge on any atom is -0.398 e. The number of H-pyrrole nitrogens is 1. The van der Waals surface area contributed by atoms with Crippen LogP contribution >= 0.6 is 0 Å². The molecule has 2 aliphatic rings. The number of aliphatic hydroxyl groups is 1. The van der Waals surface area contributed by atoms with E-state index in [0.717, 1.165) is 23.1 Å². The summed E-state index contributed by atoms with van der Waals surface area (Å²) >= 11 is 0. The summed E-state index contributed by atoms with van der Waals surface area (Å²) in [6.07, 6.45) is 1.20. The van der Waals surface area contributed by atoms with Gasteiger partial charge in [-0.3, -0.25) is 4.79 Å². The molecular weight excluding hydrogens is 254 g/mol. The fraction of sp³-hybridized carbons (Fsp3) is 0.400. The summed E-state index contributed by atoms with van der Waals surface area (Å²) < 4.78 is 0. The molecule has 0 aliphatic heterocycles. The largest absolute Gasteiger partial charge is 0.398 e. The van der Waals surface area contributed by atoms with Gasteiger partial charge in [-0.25, -0.2) is 0 Å². The van der Waals surface area contributed by atoms with Gasteiger partial charge in [-0.2, -0.15) is 0 Å². The molecule has 2 aliphatic carbocycles. The summed E-state index contributed by atoms with van der Waals surface area (Å²) in [4.78, 5) is 14.9. The van der Waals surface area contributed by atoms with E-state index in [0.29, 0.717) is 29.1 Å². The Balaban J connectivity index is 2.05. The highest BCUT2D eigenvalue weighted by Crippen LogP contribution is 2.65. The Morgan fingerprint density at radius 3 is 2.95 bits per heavy atom. The first-order valence-corrected chi connectivity index (χ1v) is 6.84. The van der Waals surface area contributed by atoms with Crippen LogP contribution in [0.2, 0.25) is 0 Å². The molecule has 1 heterocycles. The molecule has 0 spiro atoms. The first-order chi connectivity index (χ1) is 9.43. The minimum absolute atomic E-state index is 0.0322. The number of anilines is 1. The van der Waals surface area contributed by atoms with Crippen molar-refractivity contribution in [3.63, 3.8) is 0 Å².